The van der Waals surface area contributed by atoms with Crippen molar-refractivity contribution in [3.05, 3.63) is 0 Å². The van der Waals surface area contributed by atoms with Gasteiger partial charge in [0.2, 0.25) is 0 Å². The Kier molecular flexibility index (Phi) is 22.3. The second-order valence-electron chi connectivity index (χ2n) is 5.57. The number of hydrogen-bond acceptors (Lipinski definition) is 12. The van der Waals surface area contributed by atoms with E-state index in [9.17, 15) is 0 Å². The quantitative estimate of drug-likeness (QED) is 0.302. The number of nitrogens with one attached hydrogen (secondary N) is 2. The van der Waals surface area contributed by atoms with Crippen molar-refractivity contribution in [1.82, 2.24) is 20.4 Å². The Morgan fingerprint density at radius 2 is 0.815 bits per heavy atom. The van der Waals surface area contributed by atoms with Gasteiger partial charge in [0.15, 0.2) is 0 Å². The van der Waals surface area contributed by atoms with Crippen LogP contribution in [0.5, 0.6) is 0 Å². The Morgan fingerprint density at radius 1 is 0.556 bits per heavy atom. The number of nitrogens with zero attached hydrogens (tertiary/aromatic N) is 2. The van der Waals surface area contributed by atoms with Gasteiger partial charge in [0, 0.05) is 26.2 Å². The van der Waals surface area contributed by atoms with Crippen LogP contribution in [-0.4, -0.2) is 76.3 Å². The van der Waals surface area contributed by atoms with Crippen molar-refractivity contribution in [3.8, 4) is 0 Å². The minimum absolute atomic E-state index is 0. The molecule has 0 spiro atoms. The summed E-state index contributed by atoms with van der Waals surface area (Å²) < 4.78 is 67.9. The van der Waals surface area contributed by atoms with Crippen LogP contribution in [0.1, 0.15) is 12.8 Å². The zero-order valence-corrected chi connectivity index (χ0v) is 17.7. The third kappa shape index (κ3) is 46.5. The molecule has 0 bridgehead atoms. The maximum absolute atomic E-state index is 8.49. The van der Waals surface area contributed by atoms with Crippen LogP contribution < -0.4 is 47.9 Å². The molecule has 1 radical (unpaired) electrons. The van der Waals surface area contributed by atoms with Crippen molar-refractivity contribution in [2.75, 3.05) is 66.5 Å². The molecule has 1 saturated heterocycles. The summed E-state index contributed by atoms with van der Waals surface area (Å²) in [6, 6.07) is 0. The fraction of sp³-hybridized carbons (Fsp3) is 1.00. The second-order valence-corrected chi connectivity index (χ2v) is 7.08. The average Bonchev–Trinajstić information content (AvgIpc) is 2.43. The van der Waals surface area contributed by atoms with Crippen LogP contribution in [0.25, 0.3) is 0 Å². The van der Waals surface area contributed by atoms with E-state index < -0.39 is 20.5 Å². The first kappa shape index (κ1) is 32.3. The Bertz CT molecular complexity index is 285. The molecule has 1 heterocycles. The van der Waals surface area contributed by atoms with Gasteiger partial charge < -0.3 is 20.4 Å². The number of likely N-dealkylation sites (N-methyl/N-ethyl adjacent to an activating group) is 2. The molecule has 0 aliphatic carbocycles. The summed E-state index contributed by atoms with van der Waals surface area (Å²) in [7, 11) is -5.44. The van der Waals surface area contributed by atoms with E-state index in [2.05, 4.69) is 34.5 Å². The van der Waals surface area contributed by atoms with Gasteiger partial charge in [-0.1, -0.05) is 0 Å². The number of halogens is 2. The summed E-state index contributed by atoms with van der Waals surface area (Å²) in [6.45, 7) is 9.25. The van der Waals surface area contributed by atoms with E-state index in [-0.39, 0.29) is 17.1 Å². The van der Waals surface area contributed by atoms with E-state index in [0.29, 0.717) is 0 Å². The minimum Gasteiger partial charge on any atom is -0.315 e. The molecule has 1 rings (SSSR count). The molecule has 1 aliphatic heterocycles. The Hall–Kier alpha value is 0.619. The summed E-state index contributed by atoms with van der Waals surface area (Å²) in [5.41, 5.74) is 0. The topological polar surface area (TPSA) is 215 Å². The molecule has 27 heavy (non-hydrogen) atoms. The summed E-state index contributed by atoms with van der Waals surface area (Å²) in [4.78, 5) is 4.87. The zero-order chi connectivity index (χ0) is 20.6. The standard InChI is InChI=1S/C12H28N4.2ClHO4.Cu/c1-15-9-3-5-13-7-8-14-6-4-10-16(2)12-11-15;2*2-1(3,4)5;/h13-14H,3-12H2,1-2H3;2*(H,2,3,4,5);/q;;;+2/p-2. The van der Waals surface area contributed by atoms with E-state index >= 15 is 0 Å². The van der Waals surface area contributed by atoms with Gasteiger partial charge in [-0.2, -0.15) is 0 Å². The van der Waals surface area contributed by atoms with E-state index in [4.69, 9.17) is 37.3 Å². The van der Waals surface area contributed by atoms with Gasteiger partial charge in [-0.15, -0.1) is 20.5 Å². The molecule has 0 aromatic rings. The molecule has 0 atom stereocenters. The molecular weight excluding hydrogens is 463 g/mol. The van der Waals surface area contributed by atoms with Crippen molar-refractivity contribution in [3.63, 3.8) is 0 Å². The van der Waals surface area contributed by atoms with Gasteiger partial charge >= 0.3 is 17.1 Å². The predicted octanol–water partition coefficient (Wildman–Crippen LogP) is -9.69. The van der Waals surface area contributed by atoms with E-state index in [1.54, 1.807) is 0 Å². The van der Waals surface area contributed by atoms with Crippen molar-refractivity contribution in [2.45, 2.75) is 12.8 Å². The normalized spacial score (nSPS) is 19.3. The van der Waals surface area contributed by atoms with Crippen molar-refractivity contribution >= 4 is 0 Å². The third-order valence-corrected chi connectivity index (χ3v) is 3.13. The SMILES string of the molecule is CN1CCCNCCNCCCN(C)CC1.[Cu+2].[O-][Cl+3]([O-])([O-])[O-].[O-][Cl+3]([O-])([O-])[O-]. The third-order valence-electron chi connectivity index (χ3n) is 3.13. The van der Waals surface area contributed by atoms with Crippen molar-refractivity contribution in [2.24, 2.45) is 0 Å². The van der Waals surface area contributed by atoms with Crippen LogP contribution in [0, 0.1) is 20.5 Å². The molecule has 0 saturated carbocycles. The molecule has 2 N–H and O–H groups in total. The molecule has 0 unspecified atom stereocenters. The van der Waals surface area contributed by atoms with Crippen LogP contribution in [-0.2, 0) is 17.1 Å². The molecule has 1 fully saturated rings. The monoisotopic (exact) mass is 489 g/mol. The molecule has 0 amide bonds. The maximum atomic E-state index is 8.49. The van der Waals surface area contributed by atoms with E-state index in [0.717, 1.165) is 26.2 Å². The molecule has 15 heteroatoms. The summed E-state index contributed by atoms with van der Waals surface area (Å²) in [6.07, 6.45) is 2.50. The second kappa shape index (κ2) is 18.6. The fourth-order valence-electron chi connectivity index (χ4n) is 1.94. The Labute approximate surface area is 174 Å². The zero-order valence-electron chi connectivity index (χ0n) is 15.3. The summed E-state index contributed by atoms with van der Waals surface area (Å²) in [5, 5.41) is 6.94. The van der Waals surface area contributed by atoms with Gasteiger partial charge in [-0.25, -0.2) is 37.3 Å². The van der Waals surface area contributed by atoms with Crippen LogP contribution in [0.2, 0.25) is 0 Å². The molecule has 0 aromatic carbocycles. The molecule has 1 aliphatic rings. The first-order valence-corrected chi connectivity index (χ1v) is 10.3. The van der Waals surface area contributed by atoms with Crippen LogP contribution in [0.15, 0.2) is 0 Å². The van der Waals surface area contributed by atoms with Gasteiger partial charge in [-0.3, -0.25) is 0 Å². The summed E-state index contributed by atoms with van der Waals surface area (Å²) >= 11 is 0. The average molecular weight is 491 g/mol. The van der Waals surface area contributed by atoms with E-state index in [1.165, 1.54) is 39.0 Å². The molecular formula is C12H28Cl2CuN4O8. The molecule has 0 aromatic heterocycles. The minimum atomic E-state index is -4.94. The molecule has 12 nitrogen and oxygen atoms in total. The maximum Gasteiger partial charge on any atom is 2.00 e. The van der Waals surface area contributed by atoms with Gasteiger partial charge in [0.05, 0.1) is 0 Å². The van der Waals surface area contributed by atoms with E-state index in [1.807, 2.05) is 0 Å². The first-order valence-electron chi connectivity index (χ1n) is 7.81. The fourth-order valence-corrected chi connectivity index (χ4v) is 1.94. The first-order chi connectivity index (χ1) is 11.8. The van der Waals surface area contributed by atoms with Gasteiger partial charge in [0.25, 0.3) is 0 Å². The number of rotatable bonds is 0. The van der Waals surface area contributed by atoms with Gasteiger partial charge in [0.1, 0.15) is 0 Å². The summed E-state index contributed by atoms with van der Waals surface area (Å²) in [5.74, 6) is 0. The van der Waals surface area contributed by atoms with Gasteiger partial charge in [-0.05, 0) is 53.1 Å². The van der Waals surface area contributed by atoms with Crippen LogP contribution in [0.3, 0.4) is 0 Å². The Morgan fingerprint density at radius 3 is 1.07 bits per heavy atom. The van der Waals surface area contributed by atoms with Crippen molar-refractivity contribution < 1.29 is 74.8 Å². The van der Waals surface area contributed by atoms with Crippen molar-refractivity contribution in [1.29, 1.82) is 0 Å². The largest absolute Gasteiger partial charge is 2.00 e. The smallest absolute Gasteiger partial charge is 0.315 e. The van der Waals surface area contributed by atoms with Crippen LogP contribution >= 0.6 is 0 Å². The molecule has 169 valence electrons. The Balaban J connectivity index is -0.000000436. The van der Waals surface area contributed by atoms with Crippen LogP contribution in [0.4, 0.5) is 0 Å². The number of hydrogen-bond donors (Lipinski definition) is 2. The predicted molar refractivity (Wildman–Crippen MR) is 70.0 cm³/mol.